The summed E-state index contributed by atoms with van der Waals surface area (Å²) < 4.78 is 0. The van der Waals surface area contributed by atoms with Gasteiger partial charge in [0, 0.05) is 0 Å². The molecule has 0 heterocycles. The number of fused-ring (bicyclic) bond motifs is 2. The van der Waals surface area contributed by atoms with E-state index in [1.54, 1.807) is 0 Å². The Morgan fingerprint density at radius 2 is 1.88 bits per heavy atom. The van der Waals surface area contributed by atoms with E-state index in [-0.39, 0.29) is 0 Å². The highest BCUT2D eigenvalue weighted by Gasteiger charge is 2.59. The van der Waals surface area contributed by atoms with Crippen LogP contribution in [0.2, 0.25) is 18.6 Å². The highest BCUT2D eigenvalue weighted by atomic mass is 35.6. The van der Waals surface area contributed by atoms with Crippen LogP contribution < -0.4 is 0 Å². The van der Waals surface area contributed by atoms with Gasteiger partial charge in [0.2, 0.25) is 0 Å². The maximum Gasteiger partial charge on any atom is 0.153 e. The predicted octanol–water partition coefficient (Wildman–Crippen LogP) is 5.28. The number of hydrogen-bond donors (Lipinski definition) is 0. The molecule has 2 bridgehead atoms. The largest absolute Gasteiger partial charge is 0.167 e. The highest BCUT2D eigenvalue weighted by molar-refractivity contribution is 7.19. The lowest BCUT2D eigenvalue weighted by molar-refractivity contribution is -0.107. The molecule has 4 unspecified atom stereocenters. The Bertz CT molecular complexity index is 266. The third-order valence-corrected chi connectivity index (χ3v) is 8.89. The molecule has 2 heteroatoms. The van der Waals surface area contributed by atoms with E-state index in [9.17, 15) is 0 Å². The zero-order valence-electron chi connectivity index (χ0n) is 11.5. The Morgan fingerprint density at radius 3 is 2.31 bits per heavy atom. The van der Waals surface area contributed by atoms with Crippen molar-refractivity contribution >= 4 is 18.5 Å². The molecule has 3 fully saturated rings. The zero-order chi connectivity index (χ0) is 12.1. The maximum atomic E-state index is 6.76. The molecule has 0 amide bonds. The summed E-state index contributed by atoms with van der Waals surface area (Å²) >= 11 is 6.76. The summed E-state index contributed by atoms with van der Waals surface area (Å²) in [6, 6.07) is 0. The van der Waals surface area contributed by atoms with Crippen molar-refractivity contribution in [1.82, 2.24) is 0 Å². The Hall–Kier alpha value is 0.507. The fraction of sp³-hybridized carbons (Fsp3) is 1.00. The van der Waals surface area contributed by atoms with Crippen LogP contribution >= 0.6 is 11.1 Å². The van der Waals surface area contributed by atoms with Crippen LogP contribution in [0.25, 0.3) is 0 Å². The molecule has 0 saturated heterocycles. The van der Waals surface area contributed by atoms with Crippen LogP contribution in [0.1, 0.15) is 46.5 Å². The van der Waals surface area contributed by atoms with Gasteiger partial charge in [-0.3, -0.25) is 0 Å². The Morgan fingerprint density at radius 1 is 1.25 bits per heavy atom. The monoisotopic (exact) mass is 258 g/mol. The van der Waals surface area contributed by atoms with Gasteiger partial charge < -0.3 is 0 Å². The van der Waals surface area contributed by atoms with Gasteiger partial charge in [-0.15, -0.1) is 0 Å². The molecule has 0 N–H and O–H groups in total. The molecule has 16 heavy (non-hydrogen) atoms. The lowest BCUT2D eigenvalue weighted by Gasteiger charge is -2.64. The topological polar surface area (TPSA) is 0 Å². The number of halogens is 1. The van der Waals surface area contributed by atoms with E-state index in [0.717, 1.165) is 23.3 Å². The van der Waals surface area contributed by atoms with Crippen molar-refractivity contribution in [1.29, 1.82) is 0 Å². The van der Waals surface area contributed by atoms with Gasteiger partial charge in [-0.2, -0.15) is 11.1 Å². The zero-order valence-corrected chi connectivity index (χ0v) is 13.3. The van der Waals surface area contributed by atoms with Crippen molar-refractivity contribution in [2.45, 2.75) is 65.1 Å². The van der Waals surface area contributed by atoms with Gasteiger partial charge in [-0.25, -0.2) is 0 Å². The molecule has 3 saturated carbocycles. The third kappa shape index (κ3) is 1.88. The van der Waals surface area contributed by atoms with Crippen molar-refractivity contribution in [3.8, 4) is 0 Å². The quantitative estimate of drug-likeness (QED) is 0.477. The van der Waals surface area contributed by atoms with E-state index in [1.807, 2.05) is 0 Å². The fourth-order valence-electron chi connectivity index (χ4n) is 4.47. The van der Waals surface area contributed by atoms with Gasteiger partial charge in [-0.1, -0.05) is 46.7 Å². The second kappa shape index (κ2) is 4.02. The van der Waals surface area contributed by atoms with Gasteiger partial charge in [-0.05, 0) is 41.6 Å². The van der Waals surface area contributed by atoms with Gasteiger partial charge in [0.1, 0.15) is 0 Å². The first-order valence-electron chi connectivity index (χ1n) is 6.97. The number of hydrogen-bond acceptors (Lipinski definition) is 0. The lowest BCUT2D eigenvalue weighted by atomic mass is 9.45. The summed E-state index contributed by atoms with van der Waals surface area (Å²) in [6.07, 6.45) is 5.67. The molecule has 0 radical (unpaired) electrons. The van der Waals surface area contributed by atoms with Crippen LogP contribution in [0, 0.1) is 23.2 Å². The molecule has 0 aromatic rings. The molecule has 0 spiro atoms. The van der Waals surface area contributed by atoms with E-state index in [4.69, 9.17) is 11.1 Å². The van der Waals surface area contributed by atoms with E-state index in [1.165, 1.54) is 25.7 Å². The predicted molar refractivity (Wildman–Crippen MR) is 75.5 cm³/mol. The fourth-order valence-corrected chi connectivity index (χ4v) is 7.48. The molecule has 0 aromatic heterocycles. The minimum atomic E-state index is -1.46. The summed E-state index contributed by atoms with van der Waals surface area (Å²) in [7, 11) is -1.46. The molecule has 0 aliphatic heterocycles. The molecular weight excluding hydrogens is 232 g/mol. The molecule has 4 atom stereocenters. The second-order valence-electron chi connectivity index (χ2n) is 7.22. The molecular formula is C14H27ClSi. The van der Waals surface area contributed by atoms with Gasteiger partial charge >= 0.3 is 0 Å². The summed E-state index contributed by atoms with van der Waals surface area (Å²) in [5.74, 6) is 2.88. The van der Waals surface area contributed by atoms with Crippen molar-refractivity contribution in [3.05, 3.63) is 0 Å². The average Bonchev–Trinajstić information content (AvgIpc) is 2.16. The van der Waals surface area contributed by atoms with Crippen LogP contribution in [0.15, 0.2) is 0 Å². The summed E-state index contributed by atoms with van der Waals surface area (Å²) in [6.45, 7) is 12.0. The van der Waals surface area contributed by atoms with Crippen LogP contribution in [0.3, 0.4) is 0 Å². The minimum Gasteiger partial charge on any atom is -0.167 e. The van der Waals surface area contributed by atoms with Crippen molar-refractivity contribution in [3.63, 3.8) is 0 Å². The first-order valence-corrected chi connectivity index (χ1v) is 11.1. The van der Waals surface area contributed by atoms with Crippen molar-refractivity contribution < 1.29 is 0 Å². The lowest BCUT2D eigenvalue weighted by Crippen LogP contribution is -2.57. The first kappa shape index (κ1) is 13.0. The molecule has 3 rings (SSSR count). The van der Waals surface area contributed by atoms with Gasteiger partial charge in [0.15, 0.2) is 7.38 Å². The van der Waals surface area contributed by atoms with E-state index in [0.29, 0.717) is 5.41 Å². The van der Waals surface area contributed by atoms with E-state index in [2.05, 4.69) is 33.9 Å². The summed E-state index contributed by atoms with van der Waals surface area (Å²) in [5, 5.41) is 0. The average molecular weight is 259 g/mol. The van der Waals surface area contributed by atoms with E-state index >= 15 is 0 Å². The standard InChI is InChI=1S/C14H27ClSi/c1-6-7-11-12-8-10(14(12,2)3)9-13(11)16(4,5)15/h10-13H,6-9H2,1-5H3. The van der Waals surface area contributed by atoms with Crippen molar-refractivity contribution in [2.75, 3.05) is 0 Å². The Kier molecular flexibility index (Phi) is 3.25. The van der Waals surface area contributed by atoms with E-state index < -0.39 is 7.38 Å². The summed E-state index contributed by atoms with van der Waals surface area (Å²) in [4.78, 5) is 0. The van der Waals surface area contributed by atoms with Gasteiger partial charge in [0.25, 0.3) is 0 Å². The smallest absolute Gasteiger partial charge is 0.153 e. The third-order valence-electron chi connectivity index (χ3n) is 5.62. The second-order valence-corrected chi connectivity index (χ2v) is 14.0. The molecule has 3 aliphatic rings. The molecule has 0 aromatic carbocycles. The summed E-state index contributed by atoms with van der Waals surface area (Å²) in [5.41, 5.74) is 1.50. The Balaban J connectivity index is 2.18. The minimum absolute atomic E-state index is 0.618. The SMILES string of the molecule is CCCC1C2CC(CC1[Si](C)(C)Cl)C2(C)C. The number of rotatable bonds is 3. The van der Waals surface area contributed by atoms with Crippen molar-refractivity contribution in [2.24, 2.45) is 23.2 Å². The maximum absolute atomic E-state index is 6.76. The molecule has 94 valence electrons. The molecule has 0 nitrogen and oxygen atoms in total. The van der Waals surface area contributed by atoms with Crippen LogP contribution in [0.5, 0.6) is 0 Å². The molecule has 3 aliphatic carbocycles. The van der Waals surface area contributed by atoms with Crippen LogP contribution in [-0.4, -0.2) is 7.38 Å². The van der Waals surface area contributed by atoms with Crippen LogP contribution in [0.4, 0.5) is 0 Å². The Labute approximate surface area is 107 Å². The van der Waals surface area contributed by atoms with Gasteiger partial charge in [0.05, 0.1) is 0 Å². The first-order chi connectivity index (χ1) is 7.28. The van der Waals surface area contributed by atoms with Crippen LogP contribution in [-0.2, 0) is 0 Å². The highest BCUT2D eigenvalue weighted by Crippen LogP contribution is 2.67. The normalized spacial score (nSPS) is 41.6.